The van der Waals surface area contributed by atoms with E-state index in [9.17, 15) is 22.8 Å². The molecule has 2 amide bonds. The standard InChI is InChI=1S/C12H20F3N3O2/c1-3-7(2)9(16)10(19)17-8-4-5-18(11(8)20)6-12(13,14)15/h7-9H,3-6,16H2,1-2H3,(H,17,19). The van der Waals surface area contributed by atoms with Crippen LogP contribution in [0.3, 0.4) is 0 Å². The molecule has 1 heterocycles. The molecular formula is C12H20F3N3O2. The van der Waals surface area contributed by atoms with E-state index < -0.39 is 36.6 Å². The largest absolute Gasteiger partial charge is 0.406 e. The van der Waals surface area contributed by atoms with Gasteiger partial charge in [0, 0.05) is 6.54 Å². The van der Waals surface area contributed by atoms with E-state index in [1.165, 1.54) is 0 Å². The fraction of sp³-hybridized carbons (Fsp3) is 0.833. The van der Waals surface area contributed by atoms with Gasteiger partial charge < -0.3 is 16.0 Å². The van der Waals surface area contributed by atoms with Crippen molar-refractivity contribution < 1.29 is 22.8 Å². The van der Waals surface area contributed by atoms with Crippen molar-refractivity contribution in [1.82, 2.24) is 10.2 Å². The molecule has 0 saturated carbocycles. The first-order valence-electron chi connectivity index (χ1n) is 6.57. The molecule has 1 aliphatic rings. The summed E-state index contributed by atoms with van der Waals surface area (Å²) in [6.45, 7) is 2.39. The minimum absolute atomic E-state index is 0.0120. The van der Waals surface area contributed by atoms with Gasteiger partial charge >= 0.3 is 6.18 Å². The fourth-order valence-corrected chi connectivity index (χ4v) is 2.03. The Bertz CT molecular complexity index is 373. The van der Waals surface area contributed by atoms with E-state index in [0.29, 0.717) is 11.3 Å². The molecule has 20 heavy (non-hydrogen) atoms. The number of likely N-dealkylation sites (tertiary alicyclic amines) is 1. The molecule has 0 aromatic heterocycles. The van der Waals surface area contributed by atoms with E-state index in [2.05, 4.69) is 5.32 Å². The second-order valence-electron chi connectivity index (χ2n) is 5.14. The van der Waals surface area contributed by atoms with Gasteiger partial charge in [-0.3, -0.25) is 9.59 Å². The van der Waals surface area contributed by atoms with Crippen LogP contribution < -0.4 is 11.1 Å². The number of alkyl halides is 3. The van der Waals surface area contributed by atoms with Gasteiger partial charge in [0.2, 0.25) is 11.8 Å². The van der Waals surface area contributed by atoms with Crippen molar-refractivity contribution in [2.75, 3.05) is 13.1 Å². The molecule has 0 aromatic rings. The van der Waals surface area contributed by atoms with Gasteiger partial charge in [-0.15, -0.1) is 0 Å². The Hall–Kier alpha value is -1.31. The molecule has 1 rings (SSSR count). The van der Waals surface area contributed by atoms with Gasteiger partial charge in [-0.05, 0) is 12.3 Å². The lowest BCUT2D eigenvalue weighted by atomic mass is 9.99. The zero-order valence-corrected chi connectivity index (χ0v) is 11.5. The molecule has 0 spiro atoms. The Labute approximate surface area is 115 Å². The summed E-state index contributed by atoms with van der Waals surface area (Å²) in [5, 5.41) is 2.44. The van der Waals surface area contributed by atoms with Crippen LogP contribution in [-0.2, 0) is 9.59 Å². The van der Waals surface area contributed by atoms with Crippen LogP contribution in [0.4, 0.5) is 13.2 Å². The van der Waals surface area contributed by atoms with Crippen LogP contribution in [0, 0.1) is 5.92 Å². The Morgan fingerprint density at radius 2 is 2.15 bits per heavy atom. The normalized spacial score (nSPS) is 22.8. The lowest BCUT2D eigenvalue weighted by molar-refractivity contribution is -0.158. The van der Waals surface area contributed by atoms with Gasteiger partial charge in [-0.25, -0.2) is 0 Å². The predicted octanol–water partition coefficient (Wildman–Crippen LogP) is 0.639. The maximum absolute atomic E-state index is 12.2. The first-order valence-corrected chi connectivity index (χ1v) is 6.57. The monoisotopic (exact) mass is 295 g/mol. The fourth-order valence-electron chi connectivity index (χ4n) is 2.03. The van der Waals surface area contributed by atoms with Crippen LogP contribution in [0.25, 0.3) is 0 Å². The van der Waals surface area contributed by atoms with Gasteiger partial charge in [0.1, 0.15) is 12.6 Å². The van der Waals surface area contributed by atoms with E-state index >= 15 is 0 Å². The molecule has 0 aromatic carbocycles. The molecule has 3 unspecified atom stereocenters. The summed E-state index contributed by atoms with van der Waals surface area (Å²) < 4.78 is 36.7. The summed E-state index contributed by atoms with van der Waals surface area (Å²) in [5.41, 5.74) is 5.71. The van der Waals surface area contributed by atoms with E-state index in [0.717, 1.165) is 0 Å². The molecule has 0 radical (unpaired) electrons. The van der Waals surface area contributed by atoms with Crippen LogP contribution in [0.15, 0.2) is 0 Å². The Balaban J connectivity index is 2.55. The number of hydrogen-bond acceptors (Lipinski definition) is 3. The maximum atomic E-state index is 12.2. The minimum Gasteiger partial charge on any atom is -0.343 e. The van der Waals surface area contributed by atoms with Crippen molar-refractivity contribution in [3.63, 3.8) is 0 Å². The average molecular weight is 295 g/mol. The highest BCUT2D eigenvalue weighted by Crippen LogP contribution is 2.21. The van der Waals surface area contributed by atoms with Crippen molar-refractivity contribution in [1.29, 1.82) is 0 Å². The molecule has 5 nitrogen and oxygen atoms in total. The molecule has 116 valence electrons. The number of nitrogens with one attached hydrogen (secondary N) is 1. The summed E-state index contributed by atoms with van der Waals surface area (Å²) in [5.74, 6) is -1.25. The Morgan fingerprint density at radius 3 is 2.65 bits per heavy atom. The Morgan fingerprint density at radius 1 is 1.55 bits per heavy atom. The first kappa shape index (κ1) is 16.7. The van der Waals surface area contributed by atoms with Crippen molar-refractivity contribution >= 4 is 11.8 Å². The number of hydrogen-bond donors (Lipinski definition) is 2. The third-order valence-corrected chi connectivity index (χ3v) is 3.54. The van der Waals surface area contributed by atoms with Crippen molar-refractivity contribution in [3.8, 4) is 0 Å². The number of nitrogens with zero attached hydrogens (tertiary/aromatic N) is 1. The number of carbonyl (C=O) groups is 2. The quantitative estimate of drug-likeness (QED) is 0.781. The molecule has 1 aliphatic heterocycles. The van der Waals surface area contributed by atoms with Crippen molar-refractivity contribution in [3.05, 3.63) is 0 Å². The number of carbonyl (C=O) groups excluding carboxylic acids is 2. The van der Waals surface area contributed by atoms with E-state index in [-0.39, 0.29) is 18.9 Å². The second-order valence-corrected chi connectivity index (χ2v) is 5.14. The summed E-state index contributed by atoms with van der Waals surface area (Å²) in [6.07, 6.45) is -3.55. The van der Waals surface area contributed by atoms with Crippen LogP contribution in [0.5, 0.6) is 0 Å². The molecular weight excluding hydrogens is 275 g/mol. The highest BCUT2D eigenvalue weighted by molar-refractivity contribution is 5.91. The topological polar surface area (TPSA) is 75.4 Å². The van der Waals surface area contributed by atoms with Gasteiger partial charge in [0.15, 0.2) is 0 Å². The van der Waals surface area contributed by atoms with Crippen LogP contribution in [0.1, 0.15) is 26.7 Å². The number of halogens is 3. The molecule has 0 bridgehead atoms. The number of amides is 2. The van der Waals surface area contributed by atoms with Gasteiger partial charge in [0.05, 0.1) is 6.04 Å². The van der Waals surface area contributed by atoms with Crippen LogP contribution in [0.2, 0.25) is 0 Å². The van der Waals surface area contributed by atoms with Crippen molar-refractivity contribution in [2.24, 2.45) is 11.7 Å². The molecule has 1 fully saturated rings. The van der Waals surface area contributed by atoms with Crippen LogP contribution in [-0.4, -0.2) is 48.1 Å². The van der Waals surface area contributed by atoms with E-state index in [1.807, 2.05) is 6.92 Å². The smallest absolute Gasteiger partial charge is 0.343 e. The average Bonchev–Trinajstić information content (AvgIpc) is 2.67. The minimum atomic E-state index is -4.43. The van der Waals surface area contributed by atoms with Gasteiger partial charge in [-0.2, -0.15) is 13.2 Å². The molecule has 3 atom stereocenters. The van der Waals surface area contributed by atoms with Gasteiger partial charge in [-0.1, -0.05) is 20.3 Å². The summed E-state index contributed by atoms with van der Waals surface area (Å²) in [4.78, 5) is 24.3. The van der Waals surface area contributed by atoms with Gasteiger partial charge in [0.25, 0.3) is 0 Å². The zero-order valence-electron chi connectivity index (χ0n) is 11.5. The van der Waals surface area contributed by atoms with E-state index in [4.69, 9.17) is 5.73 Å². The SMILES string of the molecule is CCC(C)C(N)C(=O)NC1CCN(CC(F)(F)F)C1=O. The predicted molar refractivity (Wildman–Crippen MR) is 66.6 cm³/mol. The zero-order chi connectivity index (χ0) is 15.5. The highest BCUT2D eigenvalue weighted by Gasteiger charge is 2.40. The summed E-state index contributed by atoms with van der Waals surface area (Å²) in [6, 6.07) is -1.66. The van der Waals surface area contributed by atoms with Crippen LogP contribution >= 0.6 is 0 Å². The molecule has 0 aliphatic carbocycles. The lowest BCUT2D eigenvalue weighted by Gasteiger charge is -2.21. The molecule has 1 saturated heterocycles. The number of nitrogens with two attached hydrogens (primary N) is 1. The molecule has 3 N–H and O–H groups in total. The third kappa shape index (κ3) is 4.36. The summed E-state index contributed by atoms with van der Waals surface area (Å²) in [7, 11) is 0. The maximum Gasteiger partial charge on any atom is 0.406 e. The number of rotatable bonds is 5. The van der Waals surface area contributed by atoms with E-state index in [1.54, 1.807) is 6.92 Å². The molecule has 8 heteroatoms. The second kappa shape index (κ2) is 6.43. The lowest BCUT2D eigenvalue weighted by Crippen LogP contribution is -2.51. The van der Waals surface area contributed by atoms with Crippen molar-refractivity contribution in [2.45, 2.75) is 44.9 Å². The highest BCUT2D eigenvalue weighted by atomic mass is 19.4. The first-order chi connectivity index (χ1) is 9.15. The third-order valence-electron chi connectivity index (χ3n) is 3.54. The Kier molecular flexibility index (Phi) is 5.38. The summed E-state index contributed by atoms with van der Waals surface area (Å²) >= 11 is 0.